The van der Waals surface area contributed by atoms with E-state index in [1.165, 1.54) is 40.2 Å². The van der Waals surface area contributed by atoms with Gasteiger partial charge in [-0.1, -0.05) is 32.3 Å². The van der Waals surface area contributed by atoms with Crippen LogP contribution in [0.2, 0.25) is 0 Å². The Morgan fingerprint density at radius 2 is 1.82 bits per heavy atom. The molecule has 0 unspecified atom stereocenters. The lowest BCUT2D eigenvalue weighted by Crippen LogP contribution is -2.39. The number of carbonyl (C=O) groups excluding carboxylic acids is 1. The molecule has 2 heterocycles. The van der Waals surface area contributed by atoms with Crippen molar-refractivity contribution in [2.24, 2.45) is 0 Å². The molecule has 1 aliphatic rings. The van der Waals surface area contributed by atoms with Crippen molar-refractivity contribution in [1.29, 1.82) is 0 Å². The lowest BCUT2D eigenvalue weighted by atomic mass is 10.2. The summed E-state index contributed by atoms with van der Waals surface area (Å²) < 4.78 is 29.0. The summed E-state index contributed by atoms with van der Waals surface area (Å²) in [5.41, 5.74) is 4.62. The van der Waals surface area contributed by atoms with Crippen molar-refractivity contribution in [1.82, 2.24) is 13.9 Å². The average molecular weight is 478 g/mol. The molecule has 180 valence electrons. The van der Waals surface area contributed by atoms with Crippen LogP contribution in [0.5, 0.6) is 0 Å². The fourth-order valence-corrected chi connectivity index (χ4v) is 5.52. The number of nitrogens with two attached hydrogens (primary N) is 1. The van der Waals surface area contributed by atoms with Gasteiger partial charge in [0.05, 0.1) is 4.90 Å². The zero-order chi connectivity index (χ0) is 24.2. The van der Waals surface area contributed by atoms with Gasteiger partial charge >= 0.3 is 5.69 Å². The number of hydrogen-bond acceptors (Lipinski definition) is 6. The quantitative estimate of drug-likeness (QED) is 0.623. The van der Waals surface area contributed by atoms with Crippen molar-refractivity contribution < 1.29 is 13.2 Å². The van der Waals surface area contributed by atoms with Crippen LogP contribution in [0, 0.1) is 0 Å². The Morgan fingerprint density at radius 1 is 1.15 bits per heavy atom. The zero-order valence-corrected chi connectivity index (χ0v) is 19.9. The van der Waals surface area contributed by atoms with Crippen molar-refractivity contribution >= 4 is 27.4 Å². The van der Waals surface area contributed by atoms with Gasteiger partial charge in [0.2, 0.25) is 10.0 Å². The van der Waals surface area contributed by atoms with Gasteiger partial charge in [0.25, 0.3) is 11.5 Å². The molecule has 3 rings (SSSR count). The molecule has 0 atom stereocenters. The van der Waals surface area contributed by atoms with Gasteiger partial charge < -0.3 is 10.6 Å². The molecule has 33 heavy (non-hydrogen) atoms. The van der Waals surface area contributed by atoms with Crippen LogP contribution in [-0.4, -0.2) is 48.3 Å². The van der Waals surface area contributed by atoms with E-state index in [1.807, 2.05) is 6.92 Å². The summed E-state index contributed by atoms with van der Waals surface area (Å²) in [4.78, 5) is 41.1. The average Bonchev–Trinajstić information content (AvgIpc) is 3.08. The van der Waals surface area contributed by atoms with E-state index in [0.29, 0.717) is 26.1 Å². The number of hydrogen-bond donors (Lipinski definition) is 2. The highest BCUT2D eigenvalue weighted by Crippen LogP contribution is 2.23. The minimum absolute atomic E-state index is 0.0263. The Bertz CT molecular complexity index is 1230. The van der Waals surface area contributed by atoms with E-state index in [0.717, 1.165) is 37.0 Å². The van der Waals surface area contributed by atoms with Crippen LogP contribution < -0.4 is 21.9 Å². The van der Waals surface area contributed by atoms with E-state index in [-0.39, 0.29) is 22.0 Å². The van der Waals surface area contributed by atoms with Gasteiger partial charge in [0.15, 0.2) is 5.69 Å². The summed E-state index contributed by atoms with van der Waals surface area (Å²) in [6, 6.07) is 5.76. The van der Waals surface area contributed by atoms with E-state index >= 15 is 0 Å². The molecular formula is C22H31N5O5S. The van der Waals surface area contributed by atoms with Crippen LogP contribution >= 0.6 is 0 Å². The maximum absolute atomic E-state index is 13.2. The first-order chi connectivity index (χ1) is 15.7. The van der Waals surface area contributed by atoms with Crippen molar-refractivity contribution in [2.45, 2.75) is 56.9 Å². The number of nitrogens with zero attached hydrogens (tertiary/aromatic N) is 3. The van der Waals surface area contributed by atoms with Crippen LogP contribution in [0.25, 0.3) is 0 Å². The Kier molecular flexibility index (Phi) is 7.75. The number of nitrogen functional groups attached to an aromatic ring is 1. The summed E-state index contributed by atoms with van der Waals surface area (Å²) in [6.07, 6.45) is 5.07. The van der Waals surface area contributed by atoms with E-state index in [9.17, 15) is 22.8 Å². The van der Waals surface area contributed by atoms with Gasteiger partial charge in [-0.05, 0) is 37.5 Å². The van der Waals surface area contributed by atoms with E-state index in [4.69, 9.17) is 5.73 Å². The highest BCUT2D eigenvalue weighted by molar-refractivity contribution is 7.89. The predicted molar refractivity (Wildman–Crippen MR) is 127 cm³/mol. The van der Waals surface area contributed by atoms with Gasteiger partial charge in [0.1, 0.15) is 5.82 Å². The minimum atomic E-state index is -3.75. The van der Waals surface area contributed by atoms with E-state index < -0.39 is 27.2 Å². The van der Waals surface area contributed by atoms with Crippen LogP contribution in [0.1, 0.15) is 55.8 Å². The first kappa shape index (κ1) is 24.7. The maximum Gasteiger partial charge on any atom is 0.330 e. The molecule has 11 heteroatoms. The molecule has 0 saturated carbocycles. The Balaban J connectivity index is 1.95. The SMILES string of the molecule is CCCCn1c(N)c(N(C)C(=O)c2cccc(S(=O)(=O)N3CCCCCC3)c2)c(=O)[nH]c1=O. The predicted octanol–water partition coefficient (Wildman–Crippen LogP) is 1.76. The highest BCUT2D eigenvalue weighted by Gasteiger charge is 2.27. The van der Waals surface area contributed by atoms with Crippen LogP contribution in [0.3, 0.4) is 0 Å². The summed E-state index contributed by atoms with van der Waals surface area (Å²) >= 11 is 0. The summed E-state index contributed by atoms with van der Waals surface area (Å²) in [7, 11) is -2.38. The third-order valence-corrected chi connectivity index (χ3v) is 7.77. The number of H-pyrrole nitrogens is 1. The molecule has 0 bridgehead atoms. The number of anilines is 2. The van der Waals surface area contributed by atoms with Crippen molar-refractivity contribution in [2.75, 3.05) is 30.8 Å². The number of sulfonamides is 1. The standard InChI is InChI=1S/C22H31N5O5S/c1-3-4-14-27-19(23)18(20(28)24-22(27)30)25(2)21(29)16-10-9-11-17(15-16)33(31,32)26-12-7-5-6-8-13-26/h9-11,15H,3-8,12-14,23H2,1-2H3,(H,24,28,30). The third-order valence-electron chi connectivity index (χ3n) is 5.87. The molecule has 1 amide bonds. The second-order valence-corrected chi connectivity index (χ2v) is 10.1. The summed E-state index contributed by atoms with van der Waals surface area (Å²) in [5, 5.41) is 0. The minimum Gasteiger partial charge on any atom is -0.383 e. The molecular weight excluding hydrogens is 446 g/mol. The van der Waals surface area contributed by atoms with Crippen LogP contribution in [0.15, 0.2) is 38.8 Å². The Morgan fingerprint density at radius 3 is 2.45 bits per heavy atom. The van der Waals surface area contributed by atoms with Crippen LogP contribution in [0.4, 0.5) is 11.5 Å². The molecule has 1 saturated heterocycles. The first-order valence-electron chi connectivity index (χ1n) is 11.2. The Labute approximate surface area is 193 Å². The normalized spacial score (nSPS) is 15.2. The number of aromatic nitrogens is 2. The third kappa shape index (κ3) is 5.19. The summed E-state index contributed by atoms with van der Waals surface area (Å²) in [5.74, 6) is -0.720. The smallest absolute Gasteiger partial charge is 0.330 e. The molecule has 10 nitrogen and oxygen atoms in total. The molecule has 3 N–H and O–H groups in total. The molecule has 0 aliphatic carbocycles. The lowest BCUT2D eigenvalue weighted by Gasteiger charge is -2.22. The van der Waals surface area contributed by atoms with Gasteiger partial charge in [-0.3, -0.25) is 19.1 Å². The molecule has 1 fully saturated rings. The van der Waals surface area contributed by atoms with Gasteiger partial charge in [-0.2, -0.15) is 4.31 Å². The highest BCUT2D eigenvalue weighted by atomic mass is 32.2. The Hall–Kier alpha value is -2.92. The fraction of sp³-hybridized carbons (Fsp3) is 0.500. The van der Waals surface area contributed by atoms with Crippen molar-refractivity contribution in [3.05, 3.63) is 50.7 Å². The molecule has 0 radical (unpaired) electrons. The number of unbranched alkanes of at least 4 members (excludes halogenated alkanes) is 1. The van der Waals surface area contributed by atoms with E-state index in [2.05, 4.69) is 4.98 Å². The topological polar surface area (TPSA) is 139 Å². The molecule has 0 spiro atoms. The second-order valence-electron chi connectivity index (χ2n) is 8.21. The molecule has 1 aromatic heterocycles. The van der Waals surface area contributed by atoms with Crippen LogP contribution in [-0.2, 0) is 16.6 Å². The number of carbonyl (C=O) groups is 1. The number of nitrogens with one attached hydrogen (secondary N) is 1. The van der Waals surface area contributed by atoms with Gasteiger partial charge in [-0.15, -0.1) is 0 Å². The number of amides is 1. The monoisotopic (exact) mass is 477 g/mol. The maximum atomic E-state index is 13.2. The second kappa shape index (κ2) is 10.3. The summed E-state index contributed by atoms with van der Waals surface area (Å²) in [6.45, 7) is 3.16. The molecule has 2 aromatic rings. The number of benzene rings is 1. The van der Waals surface area contributed by atoms with Crippen molar-refractivity contribution in [3.63, 3.8) is 0 Å². The molecule has 1 aliphatic heterocycles. The fourth-order valence-electron chi connectivity index (χ4n) is 3.96. The zero-order valence-electron chi connectivity index (χ0n) is 19.0. The largest absolute Gasteiger partial charge is 0.383 e. The first-order valence-corrected chi connectivity index (χ1v) is 12.6. The van der Waals surface area contributed by atoms with Gasteiger partial charge in [0, 0.05) is 32.2 Å². The number of aromatic amines is 1. The lowest BCUT2D eigenvalue weighted by molar-refractivity contribution is 0.0992. The van der Waals surface area contributed by atoms with Gasteiger partial charge in [-0.25, -0.2) is 13.2 Å². The number of rotatable bonds is 7. The van der Waals surface area contributed by atoms with E-state index in [1.54, 1.807) is 0 Å². The molecule has 1 aromatic carbocycles. The van der Waals surface area contributed by atoms with Crippen molar-refractivity contribution in [3.8, 4) is 0 Å².